The Hall–Kier alpha value is -2.09. The van der Waals surface area contributed by atoms with E-state index < -0.39 is 15.9 Å². The number of rotatable bonds is 9. The van der Waals surface area contributed by atoms with Crippen molar-refractivity contribution in [2.24, 2.45) is 0 Å². The zero-order chi connectivity index (χ0) is 19.0. The average Bonchev–Trinajstić information content (AvgIpc) is 2.59. The maximum Gasteiger partial charge on any atom is 0.240 e. The first-order valence-electron chi connectivity index (χ1n) is 7.98. The minimum atomic E-state index is -3.62. The SMILES string of the molecule is CS(=O)(=O)N(CC(=O)NCCOCc1ccccc1)c1cccc(Cl)c1. The number of carbonyl (C=O) groups is 1. The van der Waals surface area contributed by atoms with Crippen LogP contribution in [0, 0.1) is 0 Å². The van der Waals surface area contributed by atoms with Gasteiger partial charge in [0.1, 0.15) is 6.54 Å². The van der Waals surface area contributed by atoms with Gasteiger partial charge in [0.25, 0.3) is 0 Å². The Labute approximate surface area is 158 Å². The predicted octanol–water partition coefficient (Wildman–Crippen LogP) is 2.44. The summed E-state index contributed by atoms with van der Waals surface area (Å²) >= 11 is 5.91. The van der Waals surface area contributed by atoms with E-state index in [1.54, 1.807) is 18.2 Å². The molecular formula is C18H21ClN2O4S. The Morgan fingerprint density at radius 3 is 2.54 bits per heavy atom. The van der Waals surface area contributed by atoms with Crippen molar-refractivity contribution in [3.8, 4) is 0 Å². The van der Waals surface area contributed by atoms with Gasteiger partial charge in [-0.15, -0.1) is 0 Å². The third-order valence-corrected chi connectivity index (χ3v) is 4.84. The van der Waals surface area contributed by atoms with Gasteiger partial charge in [-0.25, -0.2) is 8.42 Å². The van der Waals surface area contributed by atoms with E-state index in [1.165, 1.54) is 6.07 Å². The zero-order valence-corrected chi connectivity index (χ0v) is 16.0. The molecule has 2 rings (SSSR count). The van der Waals surface area contributed by atoms with Crippen molar-refractivity contribution in [2.75, 3.05) is 30.3 Å². The van der Waals surface area contributed by atoms with Gasteiger partial charge in [0.2, 0.25) is 15.9 Å². The summed E-state index contributed by atoms with van der Waals surface area (Å²) in [6.45, 7) is 0.752. The molecule has 0 saturated heterocycles. The first-order chi connectivity index (χ1) is 12.4. The molecule has 0 radical (unpaired) electrons. The molecule has 0 aliphatic rings. The van der Waals surface area contributed by atoms with Crippen molar-refractivity contribution in [2.45, 2.75) is 6.61 Å². The molecule has 2 aromatic rings. The molecule has 8 heteroatoms. The number of anilines is 1. The van der Waals surface area contributed by atoms with Crippen molar-refractivity contribution >= 4 is 33.2 Å². The summed E-state index contributed by atoms with van der Waals surface area (Å²) in [5.41, 5.74) is 1.39. The number of nitrogens with zero attached hydrogens (tertiary/aromatic N) is 1. The van der Waals surface area contributed by atoms with Gasteiger partial charge in [-0.2, -0.15) is 0 Å². The molecule has 140 valence electrons. The molecule has 1 amide bonds. The maximum atomic E-state index is 12.1. The molecule has 2 aromatic carbocycles. The van der Waals surface area contributed by atoms with Crippen LogP contribution in [0.1, 0.15) is 5.56 Å². The van der Waals surface area contributed by atoms with Crippen LogP contribution in [-0.4, -0.2) is 40.3 Å². The van der Waals surface area contributed by atoms with Crippen LogP contribution < -0.4 is 9.62 Å². The van der Waals surface area contributed by atoms with Crippen LogP contribution in [0.25, 0.3) is 0 Å². The highest BCUT2D eigenvalue weighted by Gasteiger charge is 2.20. The number of amides is 1. The Bertz CT molecular complexity index is 828. The molecule has 0 spiro atoms. The lowest BCUT2D eigenvalue weighted by Crippen LogP contribution is -2.41. The van der Waals surface area contributed by atoms with E-state index in [1.807, 2.05) is 30.3 Å². The van der Waals surface area contributed by atoms with Crippen molar-refractivity contribution in [1.29, 1.82) is 0 Å². The number of nitrogens with one attached hydrogen (secondary N) is 1. The van der Waals surface area contributed by atoms with Crippen LogP contribution in [0.4, 0.5) is 5.69 Å². The van der Waals surface area contributed by atoms with E-state index in [2.05, 4.69) is 5.32 Å². The highest BCUT2D eigenvalue weighted by Crippen LogP contribution is 2.21. The molecule has 0 unspecified atom stereocenters. The summed E-state index contributed by atoms with van der Waals surface area (Å²) < 4.78 is 30.5. The molecule has 0 aromatic heterocycles. The number of ether oxygens (including phenoxy) is 1. The molecule has 1 N–H and O–H groups in total. The molecule has 0 heterocycles. The fourth-order valence-corrected chi connectivity index (χ4v) is 3.28. The average molecular weight is 397 g/mol. The fraction of sp³-hybridized carbons (Fsp3) is 0.278. The van der Waals surface area contributed by atoms with Crippen LogP contribution in [0.15, 0.2) is 54.6 Å². The number of hydrogen-bond acceptors (Lipinski definition) is 4. The van der Waals surface area contributed by atoms with Crippen LogP contribution in [0.3, 0.4) is 0 Å². The number of hydrogen-bond donors (Lipinski definition) is 1. The Balaban J connectivity index is 1.82. The van der Waals surface area contributed by atoms with Crippen molar-refractivity contribution in [1.82, 2.24) is 5.32 Å². The molecule has 0 atom stereocenters. The lowest BCUT2D eigenvalue weighted by molar-refractivity contribution is -0.119. The maximum absolute atomic E-state index is 12.1. The van der Waals surface area contributed by atoms with E-state index in [0.717, 1.165) is 16.1 Å². The van der Waals surface area contributed by atoms with Crippen LogP contribution >= 0.6 is 11.6 Å². The van der Waals surface area contributed by atoms with Gasteiger partial charge < -0.3 is 10.1 Å². The highest BCUT2D eigenvalue weighted by atomic mass is 35.5. The molecule has 0 saturated carbocycles. The van der Waals surface area contributed by atoms with Gasteiger partial charge in [0.15, 0.2) is 0 Å². The van der Waals surface area contributed by atoms with Gasteiger partial charge in [-0.3, -0.25) is 9.10 Å². The van der Waals surface area contributed by atoms with Crippen molar-refractivity contribution < 1.29 is 17.9 Å². The summed E-state index contributed by atoms with van der Waals surface area (Å²) in [5, 5.41) is 3.05. The smallest absolute Gasteiger partial charge is 0.240 e. The van der Waals surface area contributed by atoms with Gasteiger partial charge in [-0.1, -0.05) is 48.0 Å². The monoisotopic (exact) mass is 396 g/mol. The van der Waals surface area contributed by atoms with Crippen molar-refractivity contribution in [3.05, 3.63) is 65.2 Å². The summed E-state index contributed by atoms with van der Waals surface area (Å²) in [5.74, 6) is -0.418. The lowest BCUT2D eigenvalue weighted by atomic mass is 10.2. The van der Waals surface area contributed by atoms with Crippen molar-refractivity contribution in [3.63, 3.8) is 0 Å². The van der Waals surface area contributed by atoms with Gasteiger partial charge in [-0.05, 0) is 23.8 Å². The van der Waals surface area contributed by atoms with E-state index >= 15 is 0 Å². The summed E-state index contributed by atoms with van der Waals surface area (Å²) in [4.78, 5) is 12.1. The fourth-order valence-electron chi connectivity index (χ4n) is 2.24. The second kappa shape index (κ2) is 9.56. The minimum Gasteiger partial charge on any atom is -0.375 e. The largest absolute Gasteiger partial charge is 0.375 e. The normalized spacial score (nSPS) is 11.2. The van der Waals surface area contributed by atoms with E-state index in [9.17, 15) is 13.2 Å². The van der Waals surface area contributed by atoms with E-state index in [-0.39, 0.29) is 6.54 Å². The summed E-state index contributed by atoms with van der Waals surface area (Å²) in [6, 6.07) is 16.0. The van der Waals surface area contributed by atoms with E-state index in [0.29, 0.717) is 30.5 Å². The molecule has 26 heavy (non-hydrogen) atoms. The number of benzene rings is 2. The Kier molecular flexibility index (Phi) is 7.44. The molecular weight excluding hydrogens is 376 g/mol. The van der Waals surface area contributed by atoms with Gasteiger partial charge in [0.05, 0.1) is 25.2 Å². The Morgan fingerprint density at radius 2 is 1.88 bits per heavy atom. The molecule has 0 aliphatic heterocycles. The zero-order valence-electron chi connectivity index (χ0n) is 14.4. The second-order valence-electron chi connectivity index (χ2n) is 5.64. The molecule has 6 nitrogen and oxygen atoms in total. The quantitative estimate of drug-likeness (QED) is 0.660. The lowest BCUT2D eigenvalue weighted by Gasteiger charge is -2.22. The number of sulfonamides is 1. The Morgan fingerprint density at radius 1 is 1.15 bits per heavy atom. The van der Waals surface area contributed by atoms with Gasteiger partial charge >= 0.3 is 0 Å². The van der Waals surface area contributed by atoms with Crippen LogP contribution in [-0.2, 0) is 26.2 Å². The van der Waals surface area contributed by atoms with E-state index in [4.69, 9.17) is 16.3 Å². The third-order valence-electron chi connectivity index (χ3n) is 3.46. The topological polar surface area (TPSA) is 75.7 Å². The van der Waals surface area contributed by atoms with Crippen LogP contribution in [0.2, 0.25) is 5.02 Å². The summed E-state index contributed by atoms with van der Waals surface area (Å²) in [7, 11) is -3.62. The highest BCUT2D eigenvalue weighted by molar-refractivity contribution is 7.92. The van der Waals surface area contributed by atoms with Crippen LogP contribution in [0.5, 0.6) is 0 Å². The number of halogens is 1. The molecule has 0 aliphatic carbocycles. The third kappa shape index (κ3) is 6.67. The molecule has 0 bridgehead atoms. The predicted molar refractivity (Wildman–Crippen MR) is 103 cm³/mol. The first-order valence-corrected chi connectivity index (χ1v) is 10.2. The minimum absolute atomic E-state index is 0.290. The standard InChI is InChI=1S/C18H21ClN2O4S/c1-26(23,24)21(17-9-5-8-16(19)12-17)13-18(22)20-10-11-25-14-15-6-3-2-4-7-15/h2-9,12H,10-11,13-14H2,1H3,(H,20,22). The summed E-state index contributed by atoms with van der Waals surface area (Å²) in [6.07, 6.45) is 1.05. The van der Waals surface area contributed by atoms with Gasteiger partial charge in [0, 0.05) is 11.6 Å². The molecule has 0 fully saturated rings. The first kappa shape index (κ1) is 20.2. The number of carbonyl (C=O) groups excluding carboxylic acids is 1. The second-order valence-corrected chi connectivity index (χ2v) is 7.98.